The number of aryl methyl sites for hydroxylation is 1. The van der Waals surface area contributed by atoms with Crippen molar-refractivity contribution in [2.45, 2.75) is 39.8 Å². The number of carbonyl (C=O) groups excluding carboxylic acids is 1. The Morgan fingerprint density at radius 2 is 2.14 bits per heavy atom. The summed E-state index contributed by atoms with van der Waals surface area (Å²) in [5.74, 6) is 0.0317. The summed E-state index contributed by atoms with van der Waals surface area (Å²) in [6, 6.07) is 8.35. The molecule has 3 aromatic heterocycles. The highest BCUT2D eigenvalue weighted by atomic mass is 79.9. The van der Waals surface area contributed by atoms with Crippen LogP contribution in [0.4, 0.5) is 0 Å². The average molecular weight is 452 g/mol. The lowest BCUT2D eigenvalue weighted by Gasteiger charge is -2.27. The summed E-state index contributed by atoms with van der Waals surface area (Å²) in [6.07, 6.45) is 2.62. The highest BCUT2D eigenvalue weighted by Crippen LogP contribution is 2.32. The summed E-state index contributed by atoms with van der Waals surface area (Å²) in [5.41, 5.74) is 5.77. The molecule has 0 saturated carbocycles. The first-order valence-corrected chi connectivity index (χ1v) is 10.7. The van der Waals surface area contributed by atoms with Crippen LogP contribution in [0.2, 0.25) is 0 Å². The molecule has 4 heterocycles. The lowest BCUT2D eigenvalue weighted by molar-refractivity contribution is 0.0734. The summed E-state index contributed by atoms with van der Waals surface area (Å²) in [7, 11) is 0. The quantitative estimate of drug-likeness (QED) is 0.477. The number of pyridine rings is 1. The largest absolute Gasteiger partial charge is 0.357 e. The van der Waals surface area contributed by atoms with Crippen LogP contribution >= 0.6 is 15.9 Å². The number of amides is 1. The normalized spacial score (nSPS) is 14.2. The second-order valence-corrected chi connectivity index (χ2v) is 8.79. The smallest absolute Gasteiger partial charge is 0.256 e. The maximum absolute atomic E-state index is 13.4. The van der Waals surface area contributed by atoms with Gasteiger partial charge in [0.2, 0.25) is 0 Å². The molecular formula is C22H22BrN5O. The van der Waals surface area contributed by atoms with Crippen molar-refractivity contribution in [1.82, 2.24) is 24.6 Å². The van der Waals surface area contributed by atoms with Gasteiger partial charge in [-0.2, -0.15) is 5.10 Å². The molecule has 6 nitrogen and oxygen atoms in total. The SMILES string of the molecule is Cc1nc2c(cnn2C(C)C)cc1C(=O)N1CCc2[nH]c3c(Br)cccc3c2C1. The highest BCUT2D eigenvalue weighted by molar-refractivity contribution is 9.10. The minimum absolute atomic E-state index is 0.0317. The molecule has 0 fully saturated rings. The number of nitrogens with zero attached hydrogens (tertiary/aromatic N) is 4. The fraction of sp³-hybridized carbons (Fsp3) is 0.318. The number of hydrogen-bond donors (Lipinski definition) is 1. The molecular weight excluding hydrogens is 430 g/mol. The Morgan fingerprint density at radius 1 is 1.31 bits per heavy atom. The Morgan fingerprint density at radius 3 is 2.93 bits per heavy atom. The van der Waals surface area contributed by atoms with Gasteiger partial charge in [0.15, 0.2) is 5.65 Å². The number of aromatic amines is 1. The minimum atomic E-state index is 0.0317. The number of benzene rings is 1. The van der Waals surface area contributed by atoms with Gasteiger partial charge in [0, 0.05) is 52.1 Å². The molecule has 0 saturated heterocycles. The highest BCUT2D eigenvalue weighted by Gasteiger charge is 2.27. The summed E-state index contributed by atoms with van der Waals surface area (Å²) in [6.45, 7) is 7.36. The summed E-state index contributed by atoms with van der Waals surface area (Å²) < 4.78 is 2.95. The van der Waals surface area contributed by atoms with Crippen LogP contribution in [0.25, 0.3) is 21.9 Å². The van der Waals surface area contributed by atoms with Crippen LogP contribution in [0.1, 0.15) is 47.2 Å². The van der Waals surface area contributed by atoms with Crippen molar-refractivity contribution >= 4 is 43.8 Å². The van der Waals surface area contributed by atoms with Crippen molar-refractivity contribution in [3.63, 3.8) is 0 Å². The molecule has 4 aromatic rings. The van der Waals surface area contributed by atoms with E-state index in [1.54, 1.807) is 6.20 Å². The number of hydrogen-bond acceptors (Lipinski definition) is 3. The van der Waals surface area contributed by atoms with Crippen LogP contribution in [0.5, 0.6) is 0 Å². The first-order valence-electron chi connectivity index (χ1n) is 9.86. The first kappa shape index (κ1) is 18.4. The topological polar surface area (TPSA) is 66.8 Å². The van der Waals surface area contributed by atoms with E-state index in [0.29, 0.717) is 18.7 Å². The van der Waals surface area contributed by atoms with E-state index in [2.05, 4.69) is 45.9 Å². The van der Waals surface area contributed by atoms with E-state index in [9.17, 15) is 4.79 Å². The van der Waals surface area contributed by atoms with Crippen LogP contribution in [0.3, 0.4) is 0 Å². The number of aromatic nitrogens is 4. The Kier molecular flexibility index (Phi) is 4.24. The zero-order valence-electron chi connectivity index (χ0n) is 16.7. The standard InChI is InChI=1S/C22H22BrN5O/c1-12(2)28-21-14(10-24-28)9-16(13(3)25-21)22(29)27-8-7-19-17(11-27)15-5-4-6-18(23)20(15)26-19/h4-6,9-10,12,26H,7-8,11H2,1-3H3. The molecule has 0 spiro atoms. The minimum Gasteiger partial charge on any atom is -0.357 e. The molecule has 5 rings (SSSR count). The van der Waals surface area contributed by atoms with Gasteiger partial charge in [-0.25, -0.2) is 9.67 Å². The molecule has 0 atom stereocenters. The average Bonchev–Trinajstić information content (AvgIpc) is 3.28. The van der Waals surface area contributed by atoms with Crippen LogP contribution < -0.4 is 0 Å². The summed E-state index contributed by atoms with van der Waals surface area (Å²) in [5, 5.41) is 6.52. The van der Waals surface area contributed by atoms with Crippen molar-refractivity contribution in [1.29, 1.82) is 0 Å². The molecule has 0 bridgehead atoms. The predicted octanol–water partition coefficient (Wildman–Crippen LogP) is 4.76. The van der Waals surface area contributed by atoms with E-state index in [4.69, 9.17) is 4.98 Å². The van der Waals surface area contributed by atoms with E-state index in [1.807, 2.05) is 34.7 Å². The van der Waals surface area contributed by atoms with Crippen LogP contribution in [-0.4, -0.2) is 37.1 Å². The molecule has 0 unspecified atom stereocenters. The molecule has 0 aliphatic carbocycles. The van der Waals surface area contributed by atoms with E-state index >= 15 is 0 Å². The van der Waals surface area contributed by atoms with Gasteiger partial charge in [0.05, 0.1) is 23.0 Å². The summed E-state index contributed by atoms with van der Waals surface area (Å²) >= 11 is 3.62. The van der Waals surface area contributed by atoms with Crippen LogP contribution in [-0.2, 0) is 13.0 Å². The molecule has 148 valence electrons. The van der Waals surface area contributed by atoms with Crippen molar-refractivity contribution in [2.75, 3.05) is 6.54 Å². The number of carbonyl (C=O) groups is 1. The van der Waals surface area contributed by atoms with Crippen molar-refractivity contribution in [3.8, 4) is 0 Å². The fourth-order valence-corrected chi connectivity index (χ4v) is 4.67. The van der Waals surface area contributed by atoms with Crippen LogP contribution in [0, 0.1) is 6.92 Å². The van der Waals surface area contributed by atoms with Gasteiger partial charge >= 0.3 is 0 Å². The van der Waals surface area contributed by atoms with E-state index in [0.717, 1.165) is 33.1 Å². The van der Waals surface area contributed by atoms with Gasteiger partial charge in [-0.3, -0.25) is 4.79 Å². The zero-order chi connectivity index (χ0) is 20.3. The van der Waals surface area contributed by atoms with Crippen molar-refractivity contribution in [3.05, 3.63) is 57.4 Å². The van der Waals surface area contributed by atoms with E-state index in [1.165, 1.54) is 16.6 Å². The lowest BCUT2D eigenvalue weighted by Crippen LogP contribution is -2.36. The number of halogens is 1. The number of fused-ring (bicyclic) bond motifs is 4. The molecule has 29 heavy (non-hydrogen) atoms. The zero-order valence-corrected chi connectivity index (χ0v) is 18.2. The molecule has 1 N–H and O–H groups in total. The van der Waals surface area contributed by atoms with Gasteiger partial charge in [-0.1, -0.05) is 12.1 Å². The van der Waals surface area contributed by atoms with Gasteiger partial charge in [0.1, 0.15) is 0 Å². The van der Waals surface area contributed by atoms with Gasteiger partial charge < -0.3 is 9.88 Å². The van der Waals surface area contributed by atoms with Crippen molar-refractivity contribution in [2.24, 2.45) is 0 Å². The monoisotopic (exact) mass is 451 g/mol. The molecule has 1 amide bonds. The predicted molar refractivity (Wildman–Crippen MR) is 117 cm³/mol. The van der Waals surface area contributed by atoms with Gasteiger partial charge in [0.25, 0.3) is 5.91 Å². The number of nitrogens with one attached hydrogen (secondary N) is 1. The van der Waals surface area contributed by atoms with E-state index in [-0.39, 0.29) is 11.9 Å². The molecule has 7 heteroatoms. The molecule has 1 aromatic carbocycles. The summed E-state index contributed by atoms with van der Waals surface area (Å²) in [4.78, 5) is 23.5. The fourth-order valence-electron chi connectivity index (χ4n) is 4.21. The Bertz CT molecular complexity index is 1270. The first-order chi connectivity index (χ1) is 13.9. The maximum Gasteiger partial charge on any atom is 0.256 e. The number of rotatable bonds is 2. The van der Waals surface area contributed by atoms with E-state index < -0.39 is 0 Å². The second kappa shape index (κ2) is 6.69. The molecule has 1 aliphatic rings. The Labute approximate surface area is 177 Å². The Hall–Kier alpha value is -2.67. The third-order valence-electron chi connectivity index (χ3n) is 5.73. The third-order valence-corrected chi connectivity index (χ3v) is 6.39. The van der Waals surface area contributed by atoms with Crippen molar-refractivity contribution < 1.29 is 4.79 Å². The second-order valence-electron chi connectivity index (χ2n) is 7.94. The molecule has 1 aliphatic heterocycles. The third kappa shape index (κ3) is 2.87. The number of para-hydroxylation sites is 1. The Balaban J connectivity index is 1.51. The maximum atomic E-state index is 13.4. The lowest BCUT2D eigenvalue weighted by atomic mass is 10.0. The molecule has 0 radical (unpaired) electrons. The van der Waals surface area contributed by atoms with Gasteiger partial charge in [-0.05, 0) is 48.8 Å². The number of H-pyrrole nitrogens is 1. The van der Waals surface area contributed by atoms with Crippen LogP contribution in [0.15, 0.2) is 34.9 Å². The van der Waals surface area contributed by atoms with Gasteiger partial charge in [-0.15, -0.1) is 0 Å².